The van der Waals surface area contributed by atoms with E-state index in [1.54, 1.807) is 0 Å². The average molecular weight is 222 g/mol. The lowest BCUT2D eigenvalue weighted by atomic mass is 9.98. The van der Waals surface area contributed by atoms with E-state index in [-0.39, 0.29) is 0 Å². The molecular formula is C17H18. The van der Waals surface area contributed by atoms with Crippen molar-refractivity contribution in [3.8, 4) is 0 Å². The van der Waals surface area contributed by atoms with E-state index in [0.717, 1.165) is 0 Å². The van der Waals surface area contributed by atoms with E-state index in [0.29, 0.717) is 0 Å². The lowest BCUT2D eigenvalue weighted by Crippen LogP contribution is -1.86. The van der Waals surface area contributed by atoms with Gasteiger partial charge in [0.15, 0.2) is 0 Å². The topological polar surface area (TPSA) is 0 Å². The van der Waals surface area contributed by atoms with Crippen LogP contribution in [0.5, 0.6) is 0 Å². The standard InChI is InChI=1S/C17H18/c1-13-8-4-6-10-16(13)12-15(3)17-11-7-5-9-14(17)2/h4-12H,1-3H3/b15-12-. The van der Waals surface area contributed by atoms with Crippen molar-refractivity contribution in [2.45, 2.75) is 20.8 Å². The number of hydrogen-bond donors (Lipinski definition) is 0. The molecule has 0 unspecified atom stereocenters. The molecule has 0 fully saturated rings. The Morgan fingerprint density at radius 2 is 1.41 bits per heavy atom. The van der Waals surface area contributed by atoms with Crippen molar-refractivity contribution in [2.75, 3.05) is 0 Å². The normalized spacial score (nSPS) is 11.6. The first-order valence-corrected chi connectivity index (χ1v) is 5.98. The highest BCUT2D eigenvalue weighted by atomic mass is 14.1. The molecule has 0 radical (unpaired) electrons. The van der Waals surface area contributed by atoms with Gasteiger partial charge in [-0.25, -0.2) is 0 Å². The third-order valence-electron chi connectivity index (χ3n) is 3.13. The second-order valence-corrected chi connectivity index (χ2v) is 4.50. The lowest BCUT2D eigenvalue weighted by Gasteiger charge is -2.07. The molecule has 0 aliphatic heterocycles. The third kappa shape index (κ3) is 2.65. The van der Waals surface area contributed by atoms with Crippen LogP contribution in [-0.2, 0) is 0 Å². The van der Waals surface area contributed by atoms with Gasteiger partial charge in [0.25, 0.3) is 0 Å². The first-order chi connectivity index (χ1) is 8.18. The largest absolute Gasteiger partial charge is 0.0620 e. The van der Waals surface area contributed by atoms with Gasteiger partial charge in [0, 0.05) is 0 Å². The Morgan fingerprint density at radius 1 is 0.824 bits per heavy atom. The van der Waals surface area contributed by atoms with Gasteiger partial charge in [-0.2, -0.15) is 0 Å². The molecule has 2 aromatic rings. The Balaban J connectivity index is 2.42. The van der Waals surface area contributed by atoms with E-state index in [1.807, 2.05) is 0 Å². The molecule has 0 aliphatic carbocycles. The van der Waals surface area contributed by atoms with Crippen LogP contribution >= 0.6 is 0 Å². The summed E-state index contributed by atoms with van der Waals surface area (Å²) in [6.45, 7) is 6.48. The van der Waals surface area contributed by atoms with Crippen molar-refractivity contribution in [3.63, 3.8) is 0 Å². The summed E-state index contributed by atoms with van der Waals surface area (Å²) in [6.07, 6.45) is 2.26. The Bertz CT molecular complexity index is 547. The fourth-order valence-corrected chi connectivity index (χ4v) is 2.08. The Kier molecular flexibility index (Phi) is 3.43. The molecule has 0 atom stereocenters. The molecule has 17 heavy (non-hydrogen) atoms. The van der Waals surface area contributed by atoms with Crippen molar-refractivity contribution < 1.29 is 0 Å². The van der Waals surface area contributed by atoms with Gasteiger partial charge in [-0.1, -0.05) is 54.6 Å². The van der Waals surface area contributed by atoms with Crippen LogP contribution in [0.1, 0.15) is 29.2 Å². The molecule has 86 valence electrons. The number of allylic oxidation sites excluding steroid dienone is 1. The van der Waals surface area contributed by atoms with Crippen molar-refractivity contribution >= 4 is 11.6 Å². The molecule has 0 heterocycles. The van der Waals surface area contributed by atoms with Crippen LogP contribution in [0.4, 0.5) is 0 Å². The molecule has 2 aromatic carbocycles. The molecule has 0 nitrogen and oxygen atoms in total. The summed E-state index contributed by atoms with van der Waals surface area (Å²) in [5, 5.41) is 0. The molecule has 0 amide bonds. The van der Waals surface area contributed by atoms with Crippen LogP contribution < -0.4 is 0 Å². The minimum Gasteiger partial charge on any atom is -0.0620 e. The fourth-order valence-electron chi connectivity index (χ4n) is 2.08. The molecular weight excluding hydrogens is 204 g/mol. The van der Waals surface area contributed by atoms with E-state index < -0.39 is 0 Å². The highest BCUT2D eigenvalue weighted by molar-refractivity contribution is 5.82. The van der Waals surface area contributed by atoms with Gasteiger partial charge in [0.1, 0.15) is 0 Å². The average Bonchev–Trinajstić information content (AvgIpc) is 2.32. The summed E-state index contributed by atoms with van der Waals surface area (Å²) in [7, 11) is 0. The van der Waals surface area contributed by atoms with Gasteiger partial charge in [0.05, 0.1) is 0 Å². The highest BCUT2D eigenvalue weighted by Crippen LogP contribution is 2.22. The second-order valence-electron chi connectivity index (χ2n) is 4.50. The van der Waals surface area contributed by atoms with E-state index in [4.69, 9.17) is 0 Å². The third-order valence-corrected chi connectivity index (χ3v) is 3.13. The Hall–Kier alpha value is -1.82. The van der Waals surface area contributed by atoms with Gasteiger partial charge in [-0.15, -0.1) is 0 Å². The number of benzene rings is 2. The van der Waals surface area contributed by atoms with E-state index in [1.165, 1.54) is 27.8 Å². The zero-order valence-electron chi connectivity index (χ0n) is 10.7. The van der Waals surface area contributed by atoms with Crippen LogP contribution in [0.2, 0.25) is 0 Å². The molecule has 0 aromatic heterocycles. The summed E-state index contributed by atoms with van der Waals surface area (Å²) in [6, 6.07) is 17.0. The van der Waals surface area contributed by atoms with Gasteiger partial charge >= 0.3 is 0 Å². The predicted molar refractivity (Wildman–Crippen MR) is 75.9 cm³/mol. The van der Waals surface area contributed by atoms with Crippen molar-refractivity contribution in [3.05, 3.63) is 70.8 Å². The van der Waals surface area contributed by atoms with E-state index in [9.17, 15) is 0 Å². The molecule has 0 bridgehead atoms. The van der Waals surface area contributed by atoms with Crippen LogP contribution in [0.15, 0.2) is 48.5 Å². The van der Waals surface area contributed by atoms with Crippen LogP contribution in [0.3, 0.4) is 0 Å². The van der Waals surface area contributed by atoms with Crippen molar-refractivity contribution in [2.24, 2.45) is 0 Å². The molecule has 0 aliphatic rings. The van der Waals surface area contributed by atoms with Gasteiger partial charge < -0.3 is 0 Å². The summed E-state index contributed by atoms with van der Waals surface area (Å²) in [5.41, 5.74) is 6.59. The number of aryl methyl sites for hydroxylation is 2. The second kappa shape index (κ2) is 5.01. The predicted octanol–water partition coefficient (Wildman–Crippen LogP) is 4.86. The summed E-state index contributed by atoms with van der Waals surface area (Å²) in [5.74, 6) is 0. The smallest absolute Gasteiger partial charge is 0.0198 e. The molecule has 0 heteroatoms. The van der Waals surface area contributed by atoms with E-state index >= 15 is 0 Å². The Morgan fingerprint density at radius 3 is 2.06 bits per heavy atom. The minimum absolute atomic E-state index is 1.30. The first-order valence-electron chi connectivity index (χ1n) is 5.98. The zero-order chi connectivity index (χ0) is 12.3. The first kappa shape index (κ1) is 11.7. The Labute approximate surface area is 104 Å². The number of rotatable bonds is 2. The lowest BCUT2D eigenvalue weighted by molar-refractivity contribution is 1.40. The van der Waals surface area contributed by atoms with Crippen LogP contribution in [0, 0.1) is 13.8 Å². The monoisotopic (exact) mass is 222 g/mol. The highest BCUT2D eigenvalue weighted by Gasteiger charge is 2.00. The van der Waals surface area contributed by atoms with Crippen molar-refractivity contribution in [1.29, 1.82) is 0 Å². The number of hydrogen-bond acceptors (Lipinski definition) is 0. The van der Waals surface area contributed by atoms with Crippen molar-refractivity contribution in [1.82, 2.24) is 0 Å². The van der Waals surface area contributed by atoms with Gasteiger partial charge in [-0.3, -0.25) is 0 Å². The van der Waals surface area contributed by atoms with Gasteiger partial charge in [-0.05, 0) is 48.6 Å². The van der Waals surface area contributed by atoms with E-state index in [2.05, 4.69) is 75.4 Å². The van der Waals surface area contributed by atoms with Gasteiger partial charge in [0.2, 0.25) is 0 Å². The zero-order valence-corrected chi connectivity index (χ0v) is 10.7. The SMILES string of the molecule is C/C(=C/c1ccccc1C)c1ccccc1C. The molecule has 0 N–H and O–H groups in total. The molecule has 2 rings (SSSR count). The fraction of sp³-hybridized carbons (Fsp3) is 0.176. The molecule has 0 saturated heterocycles. The van der Waals surface area contributed by atoms with Crippen LogP contribution in [-0.4, -0.2) is 0 Å². The maximum atomic E-state index is 2.26. The van der Waals surface area contributed by atoms with Crippen LogP contribution in [0.25, 0.3) is 11.6 Å². The molecule has 0 saturated carbocycles. The molecule has 0 spiro atoms. The summed E-state index contributed by atoms with van der Waals surface area (Å²) < 4.78 is 0. The maximum Gasteiger partial charge on any atom is -0.0198 e. The summed E-state index contributed by atoms with van der Waals surface area (Å²) >= 11 is 0. The minimum atomic E-state index is 1.30. The quantitative estimate of drug-likeness (QED) is 0.636. The maximum absolute atomic E-state index is 2.26. The summed E-state index contributed by atoms with van der Waals surface area (Å²) in [4.78, 5) is 0.